The van der Waals surface area contributed by atoms with Gasteiger partial charge in [-0.2, -0.15) is 0 Å². The van der Waals surface area contributed by atoms with Gasteiger partial charge >= 0.3 is 0 Å². The van der Waals surface area contributed by atoms with Gasteiger partial charge in [0.2, 0.25) is 0 Å². The Hall–Kier alpha value is -1.98. The Balaban J connectivity index is 3.30. The lowest BCUT2D eigenvalue weighted by molar-refractivity contribution is -0.385. The fourth-order valence-electron chi connectivity index (χ4n) is 1.08. The maximum atomic E-state index is 12.8. The summed E-state index contributed by atoms with van der Waals surface area (Å²) in [5, 5.41) is 10.6. The molecule has 0 N–H and O–H groups in total. The van der Waals surface area contributed by atoms with Crippen LogP contribution in [-0.4, -0.2) is 29.8 Å². The van der Waals surface area contributed by atoms with E-state index in [1.165, 1.54) is 14.1 Å². The van der Waals surface area contributed by atoms with Crippen LogP contribution >= 0.6 is 0 Å². The maximum Gasteiger partial charge on any atom is 0.282 e. The molecule has 0 saturated heterocycles. The Kier molecular flexibility index (Phi) is 2.99. The van der Waals surface area contributed by atoms with E-state index in [0.717, 1.165) is 23.1 Å². The summed E-state index contributed by atoms with van der Waals surface area (Å²) in [5.41, 5.74) is -0.639. The van der Waals surface area contributed by atoms with Gasteiger partial charge in [-0.05, 0) is 12.1 Å². The third-order valence-corrected chi connectivity index (χ3v) is 1.79. The summed E-state index contributed by atoms with van der Waals surface area (Å²) in [6.45, 7) is 0. The highest BCUT2D eigenvalue weighted by atomic mass is 19.1. The third-order valence-electron chi connectivity index (χ3n) is 1.79. The molecule has 0 fully saturated rings. The molecule has 0 unspecified atom stereocenters. The standard InChI is InChI=1S/C9H9FN2O3/c1-11(2)9(13)7-5-6(10)3-4-8(7)12(14)15/h3-5H,1-2H3. The van der Waals surface area contributed by atoms with Crippen LogP contribution in [0.2, 0.25) is 0 Å². The number of amides is 1. The van der Waals surface area contributed by atoms with Gasteiger partial charge in [-0.1, -0.05) is 0 Å². The van der Waals surface area contributed by atoms with Gasteiger partial charge in [0, 0.05) is 20.2 Å². The number of nitro groups is 1. The number of nitro benzene ring substituents is 1. The van der Waals surface area contributed by atoms with Gasteiger partial charge in [-0.15, -0.1) is 0 Å². The molecule has 1 aromatic rings. The molecule has 0 aliphatic rings. The van der Waals surface area contributed by atoms with Crippen LogP contribution in [0.5, 0.6) is 0 Å². The largest absolute Gasteiger partial charge is 0.345 e. The van der Waals surface area contributed by atoms with Crippen LogP contribution in [0.4, 0.5) is 10.1 Å². The van der Waals surface area contributed by atoms with Crippen molar-refractivity contribution in [1.82, 2.24) is 4.90 Å². The molecule has 0 radical (unpaired) electrons. The molecule has 0 spiro atoms. The van der Waals surface area contributed by atoms with Crippen molar-refractivity contribution in [2.24, 2.45) is 0 Å². The molecule has 1 rings (SSSR count). The monoisotopic (exact) mass is 212 g/mol. The lowest BCUT2D eigenvalue weighted by Gasteiger charge is -2.10. The van der Waals surface area contributed by atoms with Crippen molar-refractivity contribution in [1.29, 1.82) is 0 Å². The van der Waals surface area contributed by atoms with Gasteiger partial charge in [0.1, 0.15) is 11.4 Å². The minimum atomic E-state index is -0.712. The van der Waals surface area contributed by atoms with Crippen LogP contribution in [-0.2, 0) is 0 Å². The lowest BCUT2D eigenvalue weighted by atomic mass is 10.1. The second kappa shape index (κ2) is 4.04. The summed E-state index contributed by atoms with van der Waals surface area (Å²) in [7, 11) is 2.88. The first-order chi connectivity index (χ1) is 6.93. The SMILES string of the molecule is CN(C)C(=O)c1cc(F)ccc1[N+](=O)[O-]. The Morgan fingerprint density at radius 2 is 2.07 bits per heavy atom. The van der Waals surface area contributed by atoms with Crippen LogP contribution in [0.3, 0.4) is 0 Å². The van der Waals surface area contributed by atoms with Crippen molar-refractivity contribution in [3.63, 3.8) is 0 Å². The molecule has 0 saturated carbocycles. The predicted molar refractivity (Wildman–Crippen MR) is 51.1 cm³/mol. The molecular formula is C9H9FN2O3. The zero-order valence-electron chi connectivity index (χ0n) is 8.23. The number of halogens is 1. The lowest BCUT2D eigenvalue weighted by Crippen LogP contribution is -2.22. The number of benzene rings is 1. The first kappa shape index (κ1) is 11.1. The number of hydrogen-bond acceptors (Lipinski definition) is 3. The summed E-state index contributed by atoms with van der Waals surface area (Å²) in [5.74, 6) is -1.27. The first-order valence-electron chi connectivity index (χ1n) is 4.09. The molecule has 5 nitrogen and oxygen atoms in total. The average molecular weight is 212 g/mol. The van der Waals surface area contributed by atoms with Gasteiger partial charge in [-0.25, -0.2) is 4.39 Å². The van der Waals surface area contributed by atoms with E-state index in [1.807, 2.05) is 0 Å². The zero-order chi connectivity index (χ0) is 11.6. The quantitative estimate of drug-likeness (QED) is 0.550. The molecule has 1 aromatic carbocycles. The third kappa shape index (κ3) is 2.28. The van der Waals surface area contributed by atoms with Crippen LogP contribution in [0, 0.1) is 15.9 Å². The normalized spacial score (nSPS) is 9.80. The van der Waals surface area contributed by atoms with E-state index in [9.17, 15) is 19.3 Å². The summed E-state index contributed by atoms with van der Waals surface area (Å²) in [6, 6.07) is 2.79. The van der Waals surface area contributed by atoms with Crippen LogP contribution in [0.15, 0.2) is 18.2 Å². The molecule has 15 heavy (non-hydrogen) atoms. The van der Waals surface area contributed by atoms with E-state index >= 15 is 0 Å². The average Bonchev–Trinajstić information content (AvgIpc) is 2.15. The second-order valence-corrected chi connectivity index (χ2v) is 3.12. The molecule has 0 atom stereocenters. The maximum absolute atomic E-state index is 12.8. The summed E-state index contributed by atoms with van der Waals surface area (Å²) in [4.78, 5) is 22.5. The van der Waals surface area contributed by atoms with Gasteiger partial charge in [0.15, 0.2) is 0 Å². The smallest absolute Gasteiger partial charge is 0.282 e. The number of rotatable bonds is 2. The van der Waals surface area contributed by atoms with Crippen molar-refractivity contribution in [2.75, 3.05) is 14.1 Å². The number of hydrogen-bond donors (Lipinski definition) is 0. The van der Waals surface area contributed by atoms with Crippen LogP contribution in [0.1, 0.15) is 10.4 Å². The van der Waals surface area contributed by atoms with E-state index in [2.05, 4.69) is 0 Å². The molecule has 6 heteroatoms. The topological polar surface area (TPSA) is 63.5 Å². The molecule has 0 heterocycles. The molecule has 0 bridgehead atoms. The first-order valence-corrected chi connectivity index (χ1v) is 4.09. The molecular weight excluding hydrogens is 203 g/mol. The highest BCUT2D eigenvalue weighted by Crippen LogP contribution is 2.20. The molecule has 0 aliphatic heterocycles. The van der Waals surface area contributed by atoms with Crippen LogP contribution in [0.25, 0.3) is 0 Å². The predicted octanol–water partition coefficient (Wildman–Crippen LogP) is 1.44. The van der Waals surface area contributed by atoms with Crippen molar-refractivity contribution in [2.45, 2.75) is 0 Å². The van der Waals surface area contributed by atoms with E-state index in [4.69, 9.17) is 0 Å². The van der Waals surface area contributed by atoms with E-state index in [1.54, 1.807) is 0 Å². The van der Waals surface area contributed by atoms with Gasteiger partial charge in [0.25, 0.3) is 11.6 Å². The second-order valence-electron chi connectivity index (χ2n) is 3.12. The van der Waals surface area contributed by atoms with Gasteiger partial charge in [0.05, 0.1) is 4.92 Å². The number of carbonyl (C=O) groups is 1. The highest BCUT2D eigenvalue weighted by molar-refractivity contribution is 5.97. The Morgan fingerprint density at radius 1 is 1.47 bits per heavy atom. The number of carbonyl (C=O) groups excluding carboxylic acids is 1. The van der Waals surface area contributed by atoms with Gasteiger partial charge in [-0.3, -0.25) is 14.9 Å². The minimum absolute atomic E-state index is 0.245. The van der Waals surface area contributed by atoms with Crippen LogP contribution < -0.4 is 0 Å². The molecule has 80 valence electrons. The summed E-state index contributed by atoms with van der Waals surface area (Å²) < 4.78 is 12.8. The van der Waals surface area contributed by atoms with E-state index in [0.29, 0.717) is 0 Å². The molecule has 0 aromatic heterocycles. The molecule has 0 aliphatic carbocycles. The van der Waals surface area contributed by atoms with Crippen molar-refractivity contribution < 1.29 is 14.1 Å². The Labute approximate surface area is 85.3 Å². The summed E-state index contributed by atoms with van der Waals surface area (Å²) in [6.07, 6.45) is 0. The van der Waals surface area contributed by atoms with Crippen molar-refractivity contribution in [3.05, 3.63) is 39.7 Å². The molecule has 1 amide bonds. The van der Waals surface area contributed by atoms with Crippen molar-refractivity contribution in [3.8, 4) is 0 Å². The van der Waals surface area contributed by atoms with Gasteiger partial charge < -0.3 is 4.90 Å². The zero-order valence-corrected chi connectivity index (χ0v) is 8.23. The summed E-state index contributed by atoms with van der Waals surface area (Å²) >= 11 is 0. The Morgan fingerprint density at radius 3 is 2.53 bits per heavy atom. The Bertz CT molecular complexity index is 418. The van der Waals surface area contributed by atoms with E-state index in [-0.39, 0.29) is 5.56 Å². The minimum Gasteiger partial charge on any atom is -0.345 e. The van der Waals surface area contributed by atoms with Crippen molar-refractivity contribution >= 4 is 11.6 Å². The highest BCUT2D eigenvalue weighted by Gasteiger charge is 2.21. The number of nitrogens with zero attached hydrogens (tertiary/aromatic N) is 2. The fourth-order valence-corrected chi connectivity index (χ4v) is 1.08. The van der Waals surface area contributed by atoms with E-state index < -0.39 is 22.3 Å². The fraction of sp³-hybridized carbons (Fsp3) is 0.222.